The Bertz CT molecular complexity index is 160. The number of benzene rings is 1. The molecule has 0 aromatic heterocycles. The Morgan fingerprint density at radius 1 is 1.27 bits per heavy atom. The van der Waals surface area contributed by atoms with E-state index < -0.39 is 0 Å². The summed E-state index contributed by atoms with van der Waals surface area (Å²) < 4.78 is 1.13. The first-order valence-corrected chi connectivity index (χ1v) is 5.69. The molecular formula is C9H13BrS. The van der Waals surface area contributed by atoms with Gasteiger partial charge in [-0.05, 0) is 24.1 Å². The van der Waals surface area contributed by atoms with Crippen molar-refractivity contribution >= 4 is 27.7 Å². The topological polar surface area (TPSA) is 0 Å². The third-order valence-electron chi connectivity index (χ3n) is 1.02. The van der Waals surface area contributed by atoms with E-state index >= 15 is 0 Å². The molecule has 0 amide bonds. The molecule has 0 bridgehead atoms. The van der Waals surface area contributed by atoms with Gasteiger partial charge < -0.3 is 0 Å². The van der Waals surface area contributed by atoms with Crippen molar-refractivity contribution in [1.29, 1.82) is 0 Å². The fourth-order valence-electron chi connectivity index (χ4n) is 0.415. The first-order valence-electron chi connectivity index (χ1n) is 3.50. The van der Waals surface area contributed by atoms with E-state index in [1.54, 1.807) is 0 Å². The summed E-state index contributed by atoms with van der Waals surface area (Å²) in [6.07, 6.45) is 2.10. The van der Waals surface area contributed by atoms with Gasteiger partial charge in [-0.1, -0.05) is 41.1 Å². The third-order valence-corrected chi connectivity index (χ3v) is 2.13. The van der Waals surface area contributed by atoms with Gasteiger partial charge in [0.25, 0.3) is 0 Å². The van der Waals surface area contributed by atoms with Crippen LogP contribution in [0.3, 0.4) is 0 Å². The SMILES string of the molecule is Brc1ccccc1.CCSC. The largest absolute Gasteiger partial charge is 0.166 e. The molecule has 11 heavy (non-hydrogen) atoms. The molecule has 0 fully saturated rings. The second-order valence-electron chi connectivity index (χ2n) is 1.87. The zero-order valence-electron chi connectivity index (χ0n) is 6.88. The van der Waals surface area contributed by atoms with Crippen molar-refractivity contribution in [3.05, 3.63) is 34.8 Å². The van der Waals surface area contributed by atoms with Crippen LogP contribution in [0.5, 0.6) is 0 Å². The van der Waals surface area contributed by atoms with Gasteiger partial charge in [-0.2, -0.15) is 11.8 Å². The molecule has 0 heterocycles. The lowest BCUT2D eigenvalue weighted by molar-refractivity contribution is 1.53. The van der Waals surface area contributed by atoms with Gasteiger partial charge in [0, 0.05) is 4.47 Å². The molecule has 0 N–H and O–H groups in total. The number of thioether (sulfide) groups is 1. The summed E-state index contributed by atoms with van der Waals surface area (Å²) in [6, 6.07) is 9.97. The lowest BCUT2D eigenvalue weighted by atomic mass is 10.4. The van der Waals surface area contributed by atoms with Gasteiger partial charge in [0.2, 0.25) is 0 Å². The summed E-state index contributed by atoms with van der Waals surface area (Å²) in [5, 5.41) is 0. The second-order valence-corrected chi connectivity index (χ2v) is 3.94. The average molecular weight is 233 g/mol. The fourth-order valence-corrected chi connectivity index (χ4v) is 0.720. The smallest absolute Gasteiger partial charge is 0.0175 e. The van der Waals surface area contributed by atoms with E-state index in [2.05, 4.69) is 29.1 Å². The van der Waals surface area contributed by atoms with Crippen LogP contribution in [0.4, 0.5) is 0 Å². The Kier molecular flexibility index (Phi) is 8.19. The van der Waals surface area contributed by atoms with Crippen LogP contribution >= 0.6 is 27.7 Å². The van der Waals surface area contributed by atoms with Crippen molar-refractivity contribution < 1.29 is 0 Å². The van der Waals surface area contributed by atoms with Crippen molar-refractivity contribution in [2.45, 2.75) is 6.92 Å². The van der Waals surface area contributed by atoms with E-state index in [4.69, 9.17) is 0 Å². The Hall–Kier alpha value is 0.0500. The average Bonchev–Trinajstić information content (AvgIpc) is 2.07. The molecule has 1 aromatic carbocycles. The van der Waals surface area contributed by atoms with Crippen molar-refractivity contribution in [2.75, 3.05) is 12.0 Å². The maximum absolute atomic E-state index is 3.31. The van der Waals surface area contributed by atoms with Crippen molar-refractivity contribution in [2.24, 2.45) is 0 Å². The molecule has 0 aliphatic heterocycles. The molecule has 62 valence electrons. The zero-order chi connectivity index (χ0) is 8.53. The number of hydrogen-bond donors (Lipinski definition) is 0. The van der Waals surface area contributed by atoms with E-state index in [9.17, 15) is 0 Å². The van der Waals surface area contributed by atoms with Gasteiger partial charge in [0.1, 0.15) is 0 Å². The van der Waals surface area contributed by atoms with E-state index in [1.807, 2.05) is 42.1 Å². The normalized spacial score (nSPS) is 8.27. The minimum Gasteiger partial charge on any atom is -0.166 e. The van der Waals surface area contributed by atoms with Crippen molar-refractivity contribution in [3.8, 4) is 0 Å². The van der Waals surface area contributed by atoms with Crippen LogP contribution < -0.4 is 0 Å². The van der Waals surface area contributed by atoms with E-state index in [1.165, 1.54) is 5.75 Å². The van der Waals surface area contributed by atoms with Crippen LogP contribution in [0, 0.1) is 0 Å². The predicted octanol–water partition coefficient (Wildman–Crippen LogP) is 3.82. The quantitative estimate of drug-likeness (QED) is 0.710. The molecule has 0 radical (unpaired) electrons. The first-order chi connectivity index (χ1) is 5.31. The summed E-state index contributed by atoms with van der Waals surface area (Å²) in [6.45, 7) is 2.14. The molecule has 0 aliphatic rings. The Morgan fingerprint density at radius 2 is 1.73 bits per heavy atom. The van der Waals surface area contributed by atoms with Gasteiger partial charge in [-0.25, -0.2) is 0 Å². The fraction of sp³-hybridized carbons (Fsp3) is 0.333. The highest BCUT2D eigenvalue weighted by Gasteiger charge is 1.74. The lowest BCUT2D eigenvalue weighted by Crippen LogP contribution is -1.55. The molecule has 1 aromatic rings. The van der Waals surface area contributed by atoms with Crippen LogP contribution in [-0.2, 0) is 0 Å². The Balaban J connectivity index is 0.000000218. The Labute approximate surface area is 81.5 Å². The molecule has 0 nitrogen and oxygen atoms in total. The summed E-state index contributed by atoms with van der Waals surface area (Å²) in [5.74, 6) is 1.24. The zero-order valence-corrected chi connectivity index (χ0v) is 9.28. The summed E-state index contributed by atoms with van der Waals surface area (Å²) >= 11 is 5.17. The summed E-state index contributed by atoms with van der Waals surface area (Å²) in [4.78, 5) is 0. The maximum atomic E-state index is 3.31. The van der Waals surface area contributed by atoms with Crippen LogP contribution in [0.15, 0.2) is 34.8 Å². The maximum Gasteiger partial charge on any atom is 0.0175 e. The van der Waals surface area contributed by atoms with Crippen LogP contribution in [0.2, 0.25) is 0 Å². The molecule has 0 unspecified atom stereocenters. The second kappa shape index (κ2) is 8.15. The van der Waals surface area contributed by atoms with E-state index in [0.29, 0.717) is 0 Å². The van der Waals surface area contributed by atoms with Gasteiger partial charge in [-0.3, -0.25) is 0 Å². The minimum absolute atomic E-state index is 1.13. The predicted molar refractivity (Wildman–Crippen MR) is 58.2 cm³/mol. The Morgan fingerprint density at radius 3 is 1.91 bits per heavy atom. The molecule has 0 spiro atoms. The molecule has 0 atom stereocenters. The van der Waals surface area contributed by atoms with Gasteiger partial charge in [0.15, 0.2) is 0 Å². The highest BCUT2D eigenvalue weighted by atomic mass is 79.9. The van der Waals surface area contributed by atoms with Crippen molar-refractivity contribution in [1.82, 2.24) is 0 Å². The summed E-state index contributed by atoms with van der Waals surface area (Å²) in [5.41, 5.74) is 0. The molecule has 0 saturated heterocycles. The van der Waals surface area contributed by atoms with Gasteiger partial charge >= 0.3 is 0 Å². The van der Waals surface area contributed by atoms with Crippen LogP contribution in [-0.4, -0.2) is 12.0 Å². The van der Waals surface area contributed by atoms with Crippen LogP contribution in [0.1, 0.15) is 6.92 Å². The first kappa shape index (κ1) is 11.1. The van der Waals surface area contributed by atoms with Gasteiger partial charge in [-0.15, -0.1) is 0 Å². The van der Waals surface area contributed by atoms with E-state index in [0.717, 1.165) is 4.47 Å². The molecule has 1 rings (SSSR count). The highest BCUT2D eigenvalue weighted by Crippen LogP contribution is 2.05. The third kappa shape index (κ3) is 7.95. The summed E-state index contributed by atoms with van der Waals surface area (Å²) in [7, 11) is 0. The number of halogens is 1. The lowest BCUT2D eigenvalue weighted by Gasteiger charge is -1.80. The minimum atomic E-state index is 1.13. The number of hydrogen-bond acceptors (Lipinski definition) is 1. The monoisotopic (exact) mass is 232 g/mol. The standard InChI is InChI=1S/C6H5Br.C3H8S/c7-6-4-2-1-3-5-6;1-3-4-2/h1-5H;3H2,1-2H3. The number of rotatable bonds is 1. The van der Waals surface area contributed by atoms with Gasteiger partial charge in [0.05, 0.1) is 0 Å². The van der Waals surface area contributed by atoms with E-state index in [-0.39, 0.29) is 0 Å². The highest BCUT2D eigenvalue weighted by molar-refractivity contribution is 9.10. The van der Waals surface area contributed by atoms with Crippen molar-refractivity contribution in [3.63, 3.8) is 0 Å². The molecule has 0 saturated carbocycles. The van der Waals surface area contributed by atoms with Crippen LogP contribution in [0.25, 0.3) is 0 Å². The molecule has 2 heteroatoms. The molecule has 0 aliphatic carbocycles. The molecular weight excluding hydrogens is 220 g/mol.